The van der Waals surface area contributed by atoms with E-state index in [1.54, 1.807) is 42.9 Å². The van der Waals surface area contributed by atoms with Gasteiger partial charge >= 0.3 is 0 Å². The first-order chi connectivity index (χ1) is 13.7. The molecule has 0 saturated carbocycles. The van der Waals surface area contributed by atoms with Crippen LogP contribution in [0.15, 0.2) is 55.0 Å². The highest BCUT2D eigenvalue weighted by Crippen LogP contribution is 2.26. The Balaban J connectivity index is 1.69. The Morgan fingerprint density at radius 1 is 1.18 bits per heavy atom. The second kappa shape index (κ2) is 7.66. The van der Waals surface area contributed by atoms with Gasteiger partial charge in [0.25, 0.3) is 5.91 Å². The molecule has 0 aliphatic rings. The zero-order chi connectivity index (χ0) is 19.5. The topological polar surface area (TPSA) is 92.8 Å². The zero-order valence-electron chi connectivity index (χ0n) is 14.9. The largest absolute Gasteiger partial charge is 0.492 e. The summed E-state index contributed by atoms with van der Waals surface area (Å²) in [6, 6.07) is 10.6. The van der Waals surface area contributed by atoms with Gasteiger partial charge in [-0.25, -0.2) is 9.97 Å². The molecule has 0 spiro atoms. The molecular weight excluding hydrogens is 378 g/mol. The zero-order valence-corrected chi connectivity index (χ0v) is 15.7. The van der Waals surface area contributed by atoms with Gasteiger partial charge in [-0.05, 0) is 37.3 Å². The van der Waals surface area contributed by atoms with Crippen molar-refractivity contribution in [3.8, 4) is 17.1 Å². The molecule has 0 atom stereocenters. The number of ether oxygens (including phenoxy) is 1. The summed E-state index contributed by atoms with van der Waals surface area (Å²) in [5, 5.41) is 3.48. The number of imidazole rings is 1. The predicted octanol–water partition coefficient (Wildman–Crippen LogP) is 4.32. The highest BCUT2D eigenvalue weighted by molar-refractivity contribution is 6.30. The number of benzene rings is 1. The van der Waals surface area contributed by atoms with Gasteiger partial charge in [0, 0.05) is 29.0 Å². The summed E-state index contributed by atoms with van der Waals surface area (Å²) >= 11 is 5.95. The van der Waals surface area contributed by atoms with Gasteiger partial charge in [0.15, 0.2) is 5.65 Å². The number of aromatic nitrogens is 4. The molecular formula is C20H16ClN5O2. The summed E-state index contributed by atoms with van der Waals surface area (Å²) in [5.74, 6) is 0.853. The summed E-state index contributed by atoms with van der Waals surface area (Å²) < 4.78 is 5.53. The minimum atomic E-state index is -0.312. The van der Waals surface area contributed by atoms with Crippen molar-refractivity contribution in [3.63, 3.8) is 0 Å². The molecule has 0 saturated heterocycles. The van der Waals surface area contributed by atoms with Gasteiger partial charge in [-0.1, -0.05) is 11.6 Å². The van der Waals surface area contributed by atoms with Crippen LogP contribution in [0, 0.1) is 0 Å². The fourth-order valence-electron chi connectivity index (χ4n) is 2.79. The predicted molar refractivity (Wildman–Crippen MR) is 108 cm³/mol. The Morgan fingerprint density at radius 2 is 2.00 bits per heavy atom. The van der Waals surface area contributed by atoms with E-state index >= 15 is 0 Å². The summed E-state index contributed by atoms with van der Waals surface area (Å²) in [6.45, 7) is 2.36. The van der Waals surface area contributed by atoms with Crippen LogP contribution in [-0.2, 0) is 0 Å². The molecule has 0 fully saturated rings. The highest BCUT2D eigenvalue weighted by Gasteiger charge is 2.17. The molecule has 7 nitrogen and oxygen atoms in total. The summed E-state index contributed by atoms with van der Waals surface area (Å²) in [6.07, 6.45) is 4.71. The molecule has 140 valence electrons. The first kappa shape index (κ1) is 17.9. The van der Waals surface area contributed by atoms with Crippen LogP contribution in [0.25, 0.3) is 22.6 Å². The maximum absolute atomic E-state index is 12.9. The molecule has 0 aliphatic carbocycles. The van der Waals surface area contributed by atoms with Gasteiger partial charge in [0.1, 0.15) is 17.3 Å². The summed E-state index contributed by atoms with van der Waals surface area (Å²) in [5.41, 5.74) is 2.76. The molecule has 3 aromatic heterocycles. The molecule has 0 bridgehead atoms. The number of fused-ring (bicyclic) bond motifs is 1. The number of pyridine rings is 2. The molecule has 0 unspecified atom stereocenters. The van der Waals surface area contributed by atoms with Gasteiger partial charge in [-0.2, -0.15) is 0 Å². The van der Waals surface area contributed by atoms with Crippen LogP contribution in [0.2, 0.25) is 5.02 Å². The van der Waals surface area contributed by atoms with E-state index in [2.05, 4.69) is 25.3 Å². The monoisotopic (exact) mass is 393 g/mol. The quantitative estimate of drug-likeness (QED) is 0.526. The maximum Gasteiger partial charge on any atom is 0.258 e. The van der Waals surface area contributed by atoms with Crippen LogP contribution in [0.1, 0.15) is 17.3 Å². The average Bonchev–Trinajstić information content (AvgIpc) is 3.14. The molecule has 8 heteroatoms. The van der Waals surface area contributed by atoms with E-state index < -0.39 is 0 Å². The van der Waals surface area contributed by atoms with Crippen molar-refractivity contribution in [2.75, 3.05) is 11.9 Å². The van der Waals surface area contributed by atoms with Crippen molar-refractivity contribution in [1.82, 2.24) is 19.9 Å². The molecule has 3 heterocycles. The number of carbonyl (C=O) groups is 1. The lowest BCUT2D eigenvalue weighted by molar-refractivity contribution is 0.102. The molecule has 4 rings (SSSR count). The fourth-order valence-corrected chi connectivity index (χ4v) is 2.92. The number of anilines is 1. The van der Waals surface area contributed by atoms with Crippen LogP contribution in [0.5, 0.6) is 5.75 Å². The van der Waals surface area contributed by atoms with E-state index in [0.717, 1.165) is 5.56 Å². The summed E-state index contributed by atoms with van der Waals surface area (Å²) in [7, 11) is 0. The van der Waals surface area contributed by atoms with Crippen molar-refractivity contribution in [2.45, 2.75) is 6.92 Å². The Kier molecular flexibility index (Phi) is 4.90. The van der Waals surface area contributed by atoms with Crippen LogP contribution >= 0.6 is 11.6 Å². The number of hydrogen-bond acceptors (Lipinski definition) is 5. The SMILES string of the molecule is CCOc1ccncc1NC(=O)c1ccnc2nc(-c3ccc(Cl)cc3)[nH]c12. The van der Waals surface area contributed by atoms with Crippen LogP contribution in [-0.4, -0.2) is 32.4 Å². The lowest BCUT2D eigenvalue weighted by Crippen LogP contribution is -2.14. The molecule has 1 amide bonds. The van der Waals surface area contributed by atoms with Crippen LogP contribution in [0.3, 0.4) is 0 Å². The first-order valence-corrected chi connectivity index (χ1v) is 9.02. The number of halogens is 1. The highest BCUT2D eigenvalue weighted by atomic mass is 35.5. The number of nitrogens with one attached hydrogen (secondary N) is 2. The van der Waals surface area contributed by atoms with Gasteiger partial charge in [0.2, 0.25) is 0 Å². The Bertz CT molecular complexity index is 1140. The van der Waals surface area contributed by atoms with Crippen LogP contribution < -0.4 is 10.1 Å². The Hall–Kier alpha value is -3.45. The molecule has 4 aromatic rings. The van der Waals surface area contributed by atoms with Crippen molar-refractivity contribution in [3.05, 3.63) is 65.6 Å². The van der Waals surface area contributed by atoms with E-state index in [4.69, 9.17) is 16.3 Å². The number of amides is 1. The molecule has 28 heavy (non-hydrogen) atoms. The second-order valence-electron chi connectivity index (χ2n) is 5.91. The van der Waals surface area contributed by atoms with Crippen molar-refractivity contribution in [2.24, 2.45) is 0 Å². The normalized spacial score (nSPS) is 10.8. The van der Waals surface area contributed by atoms with E-state index in [1.807, 2.05) is 19.1 Å². The number of carbonyl (C=O) groups excluding carboxylic acids is 1. The van der Waals surface area contributed by atoms with E-state index in [-0.39, 0.29) is 5.91 Å². The third-order valence-electron chi connectivity index (χ3n) is 4.08. The van der Waals surface area contributed by atoms with E-state index in [0.29, 0.717) is 45.6 Å². The molecule has 2 N–H and O–H groups in total. The third kappa shape index (κ3) is 3.52. The number of aromatic amines is 1. The van der Waals surface area contributed by atoms with Gasteiger partial charge < -0.3 is 15.0 Å². The number of rotatable bonds is 5. The van der Waals surface area contributed by atoms with Gasteiger partial charge in [-0.3, -0.25) is 9.78 Å². The lowest BCUT2D eigenvalue weighted by Gasteiger charge is -2.10. The van der Waals surface area contributed by atoms with E-state index in [9.17, 15) is 4.79 Å². The first-order valence-electron chi connectivity index (χ1n) is 8.64. The number of H-pyrrole nitrogens is 1. The maximum atomic E-state index is 12.9. The molecule has 0 radical (unpaired) electrons. The second-order valence-corrected chi connectivity index (χ2v) is 6.34. The minimum Gasteiger partial charge on any atom is -0.492 e. The smallest absolute Gasteiger partial charge is 0.258 e. The van der Waals surface area contributed by atoms with Crippen molar-refractivity contribution >= 4 is 34.4 Å². The fraction of sp³-hybridized carbons (Fsp3) is 0.100. The standard InChI is InChI=1S/C20H16ClN5O2/c1-2-28-16-8-9-22-11-15(16)24-20(27)14-7-10-23-19-17(14)25-18(26-19)12-3-5-13(21)6-4-12/h3-11H,2H2,1H3,(H,24,27)(H,23,25,26). The van der Waals surface area contributed by atoms with Gasteiger partial charge in [-0.15, -0.1) is 0 Å². The van der Waals surface area contributed by atoms with Crippen LogP contribution in [0.4, 0.5) is 5.69 Å². The third-order valence-corrected chi connectivity index (χ3v) is 4.34. The molecule has 1 aromatic carbocycles. The van der Waals surface area contributed by atoms with Crippen molar-refractivity contribution in [1.29, 1.82) is 0 Å². The lowest BCUT2D eigenvalue weighted by atomic mass is 10.2. The summed E-state index contributed by atoms with van der Waals surface area (Å²) in [4.78, 5) is 28.9. The van der Waals surface area contributed by atoms with Crippen molar-refractivity contribution < 1.29 is 9.53 Å². The Labute approximate surface area is 165 Å². The average molecular weight is 394 g/mol. The minimum absolute atomic E-state index is 0.312. The van der Waals surface area contributed by atoms with E-state index in [1.165, 1.54) is 0 Å². The number of hydrogen-bond donors (Lipinski definition) is 2. The number of nitrogens with zero attached hydrogens (tertiary/aromatic N) is 3. The molecule has 0 aliphatic heterocycles. The van der Waals surface area contributed by atoms with Gasteiger partial charge in [0.05, 0.1) is 23.9 Å². The Morgan fingerprint density at radius 3 is 2.79 bits per heavy atom.